The number of primary amides is 1. The maximum Gasteiger partial charge on any atom is 0.314 e. The van der Waals surface area contributed by atoms with Gasteiger partial charge < -0.3 is 25.8 Å². The fraction of sp³-hybridized carbons (Fsp3) is 0.833. The number of likely N-dealkylation sites (tertiary alicyclic amines) is 1. The SMILES string of the molecule is COC(=O)CC1CC(NCCCO)CN(C(N)=O)C1. The molecule has 19 heavy (non-hydrogen) atoms. The predicted octanol–water partition coefficient (Wildman–Crippen LogP) is -0.709. The first-order chi connectivity index (χ1) is 9.06. The highest BCUT2D eigenvalue weighted by Crippen LogP contribution is 2.20. The van der Waals surface area contributed by atoms with E-state index in [-0.39, 0.29) is 24.5 Å². The molecule has 7 heteroatoms. The van der Waals surface area contributed by atoms with Crippen molar-refractivity contribution in [1.29, 1.82) is 0 Å². The Morgan fingerprint density at radius 1 is 1.47 bits per heavy atom. The number of rotatable bonds is 6. The molecule has 0 aromatic heterocycles. The van der Waals surface area contributed by atoms with Crippen LogP contribution in [-0.4, -0.2) is 61.4 Å². The van der Waals surface area contributed by atoms with E-state index < -0.39 is 6.03 Å². The molecule has 4 N–H and O–H groups in total. The van der Waals surface area contributed by atoms with Gasteiger partial charge in [0.2, 0.25) is 0 Å². The van der Waals surface area contributed by atoms with Gasteiger partial charge in [-0.15, -0.1) is 0 Å². The first-order valence-corrected chi connectivity index (χ1v) is 6.52. The van der Waals surface area contributed by atoms with Gasteiger partial charge in [-0.1, -0.05) is 0 Å². The fourth-order valence-electron chi connectivity index (χ4n) is 2.38. The number of amides is 2. The maximum atomic E-state index is 11.3. The van der Waals surface area contributed by atoms with Gasteiger partial charge in [0.1, 0.15) is 0 Å². The van der Waals surface area contributed by atoms with Crippen LogP contribution >= 0.6 is 0 Å². The van der Waals surface area contributed by atoms with Gasteiger partial charge in [-0.2, -0.15) is 0 Å². The number of carbonyl (C=O) groups excluding carboxylic acids is 2. The van der Waals surface area contributed by atoms with Gasteiger partial charge in [0.05, 0.1) is 13.5 Å². The maximum absolute atomic E-state index is 11.3. The van der Waals surface area contributed by atoms with Crippen molar-refractivity contribution in [3.8, 4) is 0 Å². The molecule has 1 saturated heterocycles. The topological polar surface area (TPSA) is 105 Å². The van der Waals surface area contributed by atoms with Crippen molar-refractivity contribution in [2.24, 2.45) is 11.7 Å². The van der Waals surface area contributed by atoms with Gasteiger partial charge >= 0.3 is 12.0 Å². The molecule has 1 aliphatic heterocycles. The third kappa shape index (κ3) is 5.44. The smallest absolute Gasteiger partial charge is 0.314 e. The van der Waals surface area contributed by atoms with E-state index >= 15 is 0 Å². The molecule has 2 unspecified atom stereocenters. The second kappa shape index (κ2) is 7.96. The van der Waals surface area contributed by atoms with Gasteiger partial charge in [-0.25, -0.2) is 4.79 Å². The van der Waals surface area contributed by atoms with Gasteiger partial charge in [-0.05, 0) is 25.3 Å². The second-order valence-electron chi connectivity index (χ2n) is 4.85. The van der Waals surface area contributed by atoms with Crippen LogP contribution in [0.15, 0.2) is 0 Å². The number of aliphatic hydroxyl groups excluding tert-OH is 1. The molecule has 0 aromatic rings. The minimum Gasteiger partial charge on any atom is -0.469 e. The Bertz CT molecular complexity index is 311. The molecule has 0 spiro atoms. The standard InChI is InChI=1S/C12H23N3O4/c1-19-11(17)6-9-5-10(14-3-2-4-16)8-15(7-9)12(13)18/h9-10,14,16H,2-8H2,1H3,(H2,13,18). The summed E-state index contributed by atoms with van der Waals surface area (Å²) in [6.45, 7) is 1.84. The van der Waals surface area contributed by atoms with E-state index in [0.717, 1.165) is 6.42 Å². The molecule has 2 atom stereocenters. The van der Waals surface area contributed by atoms with Gasteiger partial charge in [-0.3, -0.25) is 4.79 Å². The molecule has 0 aliphatic carbocycles. The number of hydrogen-bond acceptors (Lipinski definition) is 5. The molecular formula is C12H23N3O4. The number of ether oxygens (including phenoxy) is 1. The Morgan fingerprint density at radius 3 is 2.79 bits per heavy atom. The summed E-state index contributed by atoms with van der Waals surface area (Å²) in [5, 5.41) is 12.0. The van der Waals surface area contributed by atoms with Crippen molar-refractivity contribution in [1.82, 2.24) is 10.2 Å². The zero-order valence-electron chi connectivity index (χ0n) is 11.3. The van der Waals surface area contributed by atoms with E-state index in [1.54, 1.807) is 4.90 Å². The summed E-state index contributed by atoms with van der Waals surface area (Å²) in [5.74, 6) is -0.217. The molecule has 0 aromatic carbocycles. The largest absolute Gasteiger partial charge is 0.469 e. The zero-order valence-corrected chi connectivity index (χ0v) is 11.3. The average molecular weight is 273 g/mol. The predicted molar refractivity (Wildman–Crippen MR) is 69.4 cm³/mol. The monoisotopic (exact) mass is 273 g/mol. The summed E-state index contributed by atoms with van der Waals surface area (Å²) in [5.41, 5.74) is 5.31. The van der Waals surface area contributed by atoms with Crippen molar-refractivity contribution in [2.45, 2.75) is 25.3 Å². The lowest BCUT2D eigenvalue weighted by Gasteiger charge is -2.37. The molecule has 110 valence electrons. The van der Waals surface area contributed by atoms with Crippen LogP contribution in [0.2, 0.25) is 0 Å². The highest BCUT2D eigenvalue weighted by molar-refractivity contribution is 5.73. The third-order valence-corrected chi connectivity index (χ3v) is 3.30. The zero-order chi connectivity index (χ0) is 14.3. The third-order valence-electron chi connectivity index (χ3n) is 3.30. The highest BCUT2D eigenvalue weighted by atomic mass is 16.5. The van der Waals surface area contributed by atoms with Gasteiger partial charge in [0.15, 0.2) is 0 Å². The van der Waals surface area contributed by atoms with Crippen LogP contribution < -0.4 is 11.1 Å². The molecule has 1 fully saturated rings. The summed E-state index contributed by atoms with van der Waals surface area (Å²) >= 11 is 0. The number of esters is 1. The summed E-state index contributed by atoms with van der Waals surface area (Å²) in [7, 11) is 1.36. The molecule has 1 heterocycles. The van der Waals surface area contributed by atoms with E-state index in [1.165, 1.54) is 7.11 Å². The first kappa shape index (κ1) is 15.7. The van der Waals surface area contributed by atoms with Crippen LogP contribution in [0.1, 0.15) is 19.3 Å². The summed E-state index contributed by atoms with van der Waals surface area (Å²) in [4.78, 5) is 24.2. The summed E-state index contributed by atoms with van der Waals surface area (Å²) in [6.07, 6.45) is 1.75. The summed E-state index contributed by atoms with van der Waals surface area (Å²) < 4.78 is 4.66. The number of urea groups is 1. The van der Waals surface area contributed by atoms with E-state index in [4.69, 9.17) is 10.8 Å². The Kier molecular flexibility index (Phi) is 6.58. The molecule has 1 rings (SSSR count). The molecule has 2 amide bonds. The van der Waals surface area contributed by atoms with E-state index in [0.29, 0.717) is 32.5 Å². The van der Waals surface area contributed by atoms with E-state index in [1.807, 2.05) is 0 Å². The number of hydrogen-bond donors (Lipinski definition) is 3. The molecule has 7 nitrogen and oxygen atoms in total. The van der Waals surface area contributed by atoms with Crippen LogP contribution in [0.3, 0.4) is 0 Å². The lowest BCUT2D eigenvalue weighted by Crippen LogP contribution is -2.53. The highest BCUT2D eigenvalue weighted by Gasteiger charge is 2.30. The van der Waals surface area contributed by atoms with Crippen LogP contribution in [-0.2, 0) is 9.53 Å². The Hall–Kier alpha value is -1.34. The minimum atomic E-state index is -0.469. The number of nitrogens with one attached hydrogen (secondary N) is 1. The fourth-order valence-corrected chi connectivity index (χ4v) is 2.38. The van der Waals surface area contributed by atoms with Crippen LogP contribution in [0.4, 0.5) is 4.79 Å². The summed E-state index contributed by atoms with van der Waals surface area (Å²) in [6, 6.07) is -0.369. The van der Waals surface area contributed by atoms with Crippen molar-refractivity contribution < 1.29 is 19.4 Å². The number of carbonyl (C=O) groups is 2. The van der Waals surface area contributed by atoms with Crippen LogP contribution in [0, 0.1) is 5.92 Å². The quantitative estimate of drug-likeness (QED) is 0.438. The normalized spacial score (nSPS) is 23.2. The van der Waals surface area contributed by atoms with Crippen LogP contribution in [0.25, 0.3) is 0 Å². The molecule has 0 bridgehead atoms. The Labute approximate surface area is 113 Å². The number of nitrogens with zero attached hydrogens (tertiary/aromatic N) is 1. The van der Waals surface area contributed by atoms with Crippen molar-refractivity contribution in [2.75, 3.05) is 33.4 Å². The average Bonchev–Trinajstić information content (AvgIpc) is 2.38. The lowest BCUT2D eigenvalue weighted by molar-refractivity contribution is -0.142. The lowest BCUT2D eigenvalue weighted by atomic mass is 9.91. The molecular weight excluding hydrogens is 250 g/mol. The molecule has 0 saturated carbocycles. The van der Waals surface area contributed by atoms with E-state index in [2.05, 4.69) is 10.1 Å². The van der Waals surface area contributed by atoms with Gasteiger partial charge in [0, 0.05) is 25.7 Å². The Morgan fingerprint density at radius 2 is 2.21 bits per heavy atom. The van der Waals surface area contributed by atoms with Crippen molar-refractivity contribution in [3.05, 3.63) is 0 Å². The Balaban J connectivity index is 2.52. The molecule has 0 radical (unpaired) electrons. The number of methoxy groups -OCH3 is 1. The van der Waals surface area contributed by atoms with Crippen molar-refractivity contribution in [3.63, 3.8) is 0 Å². The van der Waals surface area contributed by atoms with Crippen molar-refractivity contribution >= 4 is 12.0 Å². The minimum absolute atomic E-state index is 0.0559. The number of aliphatic hydroxyl groups is 1. The number of piperidine rings is 1. The van der Waals surface area contributed by atoms with Crippen LogP contribution in [0.5, 0.6) is 0 Å². The first-order valence-electron chi connectivity index (χ1n) is 6.52. The van der Waals surface area contributed by atoms with E-state index in [9.17, 15) is 9.59 Å². The van der Waals surface area contributed by atoms with Gasteiger partial charge in [0.25, 0.3) is 0 Å². The number of nitrogens with two attached hydrogens (primary N) is 1. The second-order valence-corrected chi connectivity index (χ2v) is 4.85. The molecule has 1 aliphatic rings.